The lowest BCUT2D eigenvalue weighted by Gasteiger charge is -2.15. The van der Waals surface area contributed by atoms with E-state index in [2.05, 4.69) is 20.6 Å². The van der Waals surface area contributed by atoms with Gasteiger partial charge in [-0.25, -0.2) is 4.79 Å². The molecule has 5 nitrogen and oxygen atoms in total. The lowest BCUT2D eigenvalue weighted by molar-refractivity contribution is 0.237. The fourth-order valence-corrected chi connectivity index (χ4v) is 2.45. The van der Waals surface area contributed by atoms with Crippen LogP contribution in [0.2, 0.25) is 0 Å². The third-order valence-electron chi connectivity index (χ3n) is 3.69. The number of hydrogen-bond donors (Lipinski definition) is 2. The third kappa shape index (κ3) is 3.63. The minimum atomic E-state index is -0.214. The number of urea groups is 1. The molecule has 1 aromatic carbocycles. The topological polar surface area (TPSA) is 66.9 Å². The second-order valence-corrected chi connectivity index (χ2v) is 5.33. The van der Waals surface area contributed by atoms with Crippen LogP contribution in [-0.4, -0.2) is 16.0 Å². The van der Waals surface area contributed by atoms with E-state index in [1.54, 1.807) is 18.6 Å². The standard InChI is InChI=1S/C18H18N4O/c1-13(15-8-3-9-19-11-15)22-18(23)21-12-16-6-2-5-14-7-4-10-20-17(14)16/h2-11,13H,12H2,1H3,(H2,21,22,23)/t13-/m0/s1. The second kappa shape index (κ2) is 6.87. The molecule has 0 spiro atoms. The fraction of sp³-hybridized carbons (Fsp3) is 0.167. The van der Waals surface area contributed by atoms with Crippen molar-refractivity contribution in [2.75, 3.05) is 0 Å². The van der Waals surface area contributed by atoms with Crippen LogP contribution in [0.25, 0.3) is 10.9 Å². The van der Waals surface area contributed by atoms with Crippen molar-refractivity contribution >= 4 is 16.9 Å². The molecule has 0 bridgehead atoms. The number of pyridine rings is 2. The van der Waals surface area contributed by atoms with Gasteiger partial charge in [0.25, 0.3) is 0 Å². The van der Waals surface area contributed by atoms with Crippen LogP contribution < -0.4 is 10.6 Å². The van der Waals surface area contributed by atoms with Gasteiger partial charge in [0.2, 0.25) is 0 Å². The molecule has 2 aromatic heterocycles. The third-order valence-corrected chi connectivity index (χ3v) is 3.69. The van der Waals surface area contributed by atoms with Gasteiger partial charge in [0.05, 0.1) is 11.6 Å². The van der Waals surface area contributed by atoms with E-state index in [0.717, 1.165) is 22.0 Å². The van der Waals surface area contributed by atoms with Gasteiger partial charge in [-0.15, -0.1) is 0 Å². The monoisotopic (exact) mass is 306 g/mol. The molecule has 2 heterocycles. The minimum Gasteiger partial charge on any atom is -0.334 e. The van der Waals surface area contributed by atoms with Gasteiger partial charge in [-0.1, -0.05) is 30.3 Å². The summed E-state index contributed by atoms with van der Waals surface area (Å²) in [5.41, 5.74) is 2.87. The molecule has 0 fully saturated rings. The van der Waals surface area contributed by atoms with Crippen LogP contribution >= 0.6 is 0 Å². The van der Waals surface area contributed by atoms with Crippen molar-refractivity contribution in [3.8, 4) is 0 Å². The number of nitrogens with zero attached hydrogens (tertiary/aromatic N) is 2. The number of rotatable bonds is 4. The number of nitrogens with one attached hydrogen (secondary N) is 2. The van der Waals surface area contributed by atoms with Crippen LogP contribution in [0.5, 0.6) is 0 Å². The van der Waals surface area contributed by atoms with Crippen molar-refractivity contribution in [3.63, 3.8) is 0 Å². The number of para-hydroxylation sites is 1. The first-order chi connectivity index (χ1) is 11.2. The predicted molar refractivity (Wildman–Crippen MR) is 89.8 cm³/mol. The average molecular weight is 306 g/mol. The first-order valence-corrected chi connectivity index (χ1v) is 7.51. The molecule has 0 unspecified atom stereocenters. The summed E-state index contributed by atoms with van der Waals surface area (Å²) >= 11 is 0. The molecular weight excluding hydrogens is 288 g/mol. The SMILES string of the molecule is C[C@H](NC(=O)NCc1cccc2cccnc12)c1cccnc1. The quantitative estimate of drug-likeness (QED) is 0.778. The van der Waals surface area contributed by atoms with Crippen molar-refractivity contribution in [1.82, 2.24) is 20.6 Å². The number of benzene rings is 1. The van der Waals surface area contributed by atoms with Crippen molar-refractivity contribution in [2.24, 2.45) is 0 Å². The van der Waals surface area contributed by atoms with Crippen LogP contribution in [0, 0.1) is 0 Å². The molecule has 3 aromatic rings. The molecular formula is C18H18N4O. The summed E-state index contributed by atoms with van der Waals surface area (Å²) in [5.74, 6) is 0. The van der Waals surface area contributed by atoms with Crippen LogP contribution in [0.15, 0.2) is 61.1 Å². The van der Waals surface area contributed by atoms with Gasteiger partial charge in [-0.05, 0) is 30.2 Å². The van der Waals surface area contributed by atoms with Gasteiger partial charge in [-0.2, -0.15) is 0 Å². The van der Waals surface area contributed by atoms with E-state index >= 15 is 0 Å². The minimum absolute atomic E-state index is 0.102. The Hall–Kier alpha value is -2.95. The number of carbonyl (C=O) groups excluding carboxylic acids is 1. The Kier molecular flexibility index (Phi) is 4.47. The fourth-order valence-electron chi connectivity index (χ4n) is 2.45. The molecule has 23 heavy (non-hydrogen) atoms. The smallest absolute Gasteiger partial charge is 0.315 e. The van der Waals surface area contributed by atoms with Gasteiger partial charge < -0.3 is 10.6 Å². The number of aromatic nitrogens is 2. The van der Waals surface area contributed by atoms with Gasteiger partial charge in [0, 0.05) is 30.5 Å². The Labute approximate surface area is 134 Å². The average Bonchev–Trinajstić information content (AvgIpc) is 2.60. The first kappa shape index (κ1) is 15.0. The Bertz CT molecular complexity index is 799. The normalized spacial score (nSPS) is 11.9. The predicted octanol–water partition coefficient (Wildman–Crippen LogP) is 3.19. The van der Waals surface area contributed by atoms with E-state index in [1.165, 1.54) is 0 Å². The maximum atomic E-state index is 12.1. The molecule has 2 N–H and O–H groups in total. The van der Waals surface area contributed by atoms with E-state index in [0.29, 0.717) is 6.54 Å². The van der Waals surface area contributed by atoms with Crippen LogP contribution in [-0.2, 0) is 6.54 Å². The molecule has 2 amide bonds. The lowest BCUT2D eigenvalue weighted by Crippen LogP contribution is -2.36. The van der Waals surface area contributed by atoms with Gasteiger partial charge in [0.1, 0.15) is 0 Å². The van der Waals surface area contributed by atoms with E-state index in [4.69, 9.17) is 0 Å². The Balaban J connectivity index is 1.62. The molecule has 3 rings (SSSR count). The summed E-state index contributed by atoms with van der Waals surface area (Å²) in [6.07, 6.45) is 5.22. The van der Waals surface area contributed by atoms with Crippen molar-refractivity contribution in [2.45, 2.75) is 19.5 Å². The molecule has 1 atom stereocenters. The van der Waals surface area contributed by atoms with Gasteiger partial charge in [-0.3, -0.25) is 9.97 Å². The Morgan fingerprint density at radius 3 is 2.78 bits per heavy atom. The molecule has 5 heteroatoms. The first-order valence-electron chi connectivity index (χ1n) is 7.51. The number of hydrogen-bond acceptors (Lipinski definition) is 3. The number of amides is 2. The molecule has 0 saturated carbocycles. The maximum Gasteiger partial charge on any atom is 0.315 e. The molecule has 0 aliphatic heterocycles. The number of carbonyl (C=O) groups is 1. The highest BCUT2D eigenvalue weighted by atomic mass is 16.2. The zero-order chi connectivity index (χ0) is 16.1. The van der Waals surface area contributed by atoms with Crippen LogP contribution in [0.1, 0.15) is 24.1 Å². The zero-order valence-electron chi connectivity index (χ0n) is 12.9. The largest absolute Gasteiger partial charge is 0.334 e. The molecule has 116 valence electrons. The summed E-state index contributed by atoms with van der Waals surface area (Å²) in [4.78, 5) is 20.5. The molecule has 0 saturated heterocycles. The molecule has 0 radical (unpaired) electrons. The van der Waals surface area contributed by atoms with E-state index < -0.39 is 0 Å². The summed E-state index contributed by atoms with van der Waals surface area (Å²) in [7, 11) is 0. The van der Waals surface area contributed by atoms with Gasteiger partial charge in [0.15, 0.2) is 0 Å². The summed E-state index contributed by atoms with van der Waals surface area (Å²) in [6, 6.07) is 13.3. The van der Waals surface area contributed by atoms with E-state index in [9.17, 15) is 4.79 Å². The molecule has 0 aliphatic carbocycles. The van der Waals surface area contributed by atoms with Crippen molar-refractivity contribution in [1.29, 1.82) is 0 Å². The van der Waals surface area contributed by atoms with Crippen molar-refractivity contribution in [3.05, 3.63) is 72.2 Å². The Morgan fingerprint density at radius 1 is 1.13 bits per heavy atom. The summed E-state index contributed by atoms with van der Waals surface area (Å²) in [6.45, 7) is 2.36. The Morgan fingerprint density at radius 2 is 1.96 bits per heavy atom. The lowest BCUT2D eigenvalue weighted by atomic mass is 10.1. The zero-order valence-corrected chi connectivity index (χ0v) is 12.9. The van der Waals surface area contributed by atoms with Crippen molar-refractivity contribution < 1.29 is 4.79 Å². The van der Waals surface area contributed by atoms with Crippen LogP contribution in [0.4, 0.5) is 4.79 Å². The van der Waals surface area contributed by atoms with Crippen LogP contribution in [0.3, 0.4) is 0 Å². The summed E-state index contributed by atoms with van der Waals surface area (Å²) < 4.78 is 0. The second-order valence-electron chi connectivity index (χ2n) is 5.33. The van der Waals surface area contributed by atoms with E-state index in [1.807, 2.05) is 49.4 Å². The van der Waals surface area contributed by atoms with Gasteiger partial charge >= 0.3 is 6.03 Å². The van der Waals surface area contributed by atoms with E-state index in [-0.39, 0.29) is 12.1 Å². The highest BCUT2D eigenvalue weighted by Crippen LogP contribution is 2.15. The highest BCUT2D eigenvalue weighted by molar-refractivity contribution is 5.82. The highest BCUT2D eigenvalue weighted by Gasteiger charge is 2.09. The molecule has 0 aliphatic rings. The number of fused-ring (bicyclic) bond motifs is 1. The maximum absolute atomic E-state index is 12.1. The summed E-state index contributed by atoms with van der Waals surface area (Å²) in [5, 5.41) is 6.85.